The zero-order valence-electron chi connectivity index (χ0n) is 21.9. The van der Waals surface area contributed by atoms with E-state index in [4.69, 9.17) is 0 Å². The maximum atomic E-state index is 13.7. The molecule has 1 fully saturated rings. The van der Waals surface area contributed by atoms with E-state index in [1.54, 1.807) is 12.1 Å². The van der Waals surface area contributed by atoms with Crippen molar-refractivity contribution in [1.82, 2.24) is 30.1 Å². The number of halogens is 1. The van der Waals surface area contributed by atoms with Crippen molar-refractivity contribution in [3.8, 4) is 0 Å². The minimum absolute atomic E-state index is 0.0923. The van der Waals surface area contributed by atoms with E-state index in [2.05, 4.69) is 51.4 Å². The van der Waals surface area contributed by atoms with Crippen LogP contribution in [0.25, 0.3) is 10.9 Å². The van der Waals surface area contributed by atoms with Crippen LogP contribution in [0.2, 0.25) is 0 Å². The number of hydrogen-bond donors (Lipinski definition) is 1. The van der Waals surface area contributed by atoms with Crippen LogP contribution < -0.4 is 5.56 Å². The molecule has 194 valence electrons. The van der Waals surface area contributed by atoms with Gasteiger partial charge in [0.15, 0.2) is 5.82 Å². The number of aromatic amines is 1. The SMILES string of the molecule is CCC(c1nnnn1C1CCCCC1)N(Cc1ccc(F)cc1)Cc1cc2cc(C)cc(C)c2[nH]c1=O. The summed E-state index contributed by atoms with van der Waals surface area (Å²) in [7, 11) is 0. The lowest BCUT2D eigenvalue weighted by molar-refractivity contribution is 0.155. The van der Waals surface area contributed by atoms with E-state index < -0.39 is 0 Å². The number of rotatable bonds is 8. The van der Waals surface area contributed by atoms with Gasteiger partial charge in [0.1, 0.15) is 5.82 Å². The van der Waals surface area contributed by atoms with Crippen molar-refractivity contribution in [2.45, 2.75) is 84.5 Å². The summed E-state index contributed by atoms with van der Waals surface area (Å²) in [4.78, 5) is 18.6. The molecule has 8 heteroatoms. The van der Waals surface area contributed by atoms with Gasteiger partial charge in [0.05, 0.1) is 17.6 Å². The third kappa shape index (κ3) is 5.49. The molecule has 2 aromatic carbocycles. The number of tetrazole rings is 1. The molecule has 1 aliphatic rings. The van der Waals surface area contributed by atoms with Crippen LogP contribution in [0, 0.1) is 19.7 Å². The van der Waals surface area contributed by atoms with E-state index in [9.17, 15) is 9.18 Å². The van der Waals surface area contributed by atoms with Gasteiger partial charge in [-0.05, 0) is 84.3 Å². The zero-order valence-corrected chi connectivity index (χ0v) is 21.9. The van der Waals surface area contributed by atoms with Crippen LogP contribution in [-0.2, 0) is 13.1 Å². The molecule has 0 bridgehead atoms. The minimum Gasteiger partial charge on any atom is -0.321 e. The Kier molecular flexibility index (Phi) is 7.46. The molecule has 0 amide bonds. The Hall–Kier alpha value is -3.39. The maximum Gasteiger partial charge on any atom is 0.252 e. The summed E-state index contributed by atoms with van der Waals surface area (Å²) in [5.74, 6) is 0.570. The van der Waals surface area contributed by atoms with Gasteiger partial charge >= 0.3 is 0 Å². The maximum absolute atomic E-state index is 13.7. The Bertz CT molecular complexity index is 1420. The van der Waals surface area contributed by atoms with Gasteiger partial charge in [0.25, 0.3) is 5.56 Å². The van der Waals surface area contributed by atoms with Gasteiger partial charge in [-0.3, -0.25) is 9.69 Å². The van der Waals surface area contributed by atoms with E-state index in [0.717, 1.165) is 52.7 Å². The van der Waals surface area contributed by atoms with Crippen molar-refractivity contribution in [3.63, 3.8) is 0 Å². The highest BCUT2D eigenvalue weighted by molar-refractivity contribution is 5.82. The van der Waals surface area contributed by atoms with Gasteiger partial charge in [-0.2, -0.15) is 0 Å². The van der Waals surface area contributed by atoms with E-state index in [-0.39, 0.29) is 17.4 Å². The molecule has 1 N–H and O–H groups in total. The summed E-state index contributed by atoms with van der Waals surface area (Å²) in [5.41, 5.74) is 4.65. The summed E-state index contributed by atoms with van der Waals surface area (Å²) in [6, 6.07) is 13.0. The predicted octanol–water partition coefficient (Wildman–Crippen LogP) is 5.93. The minimum atomic E-state index is -0.264. The number of hydrogen-bond acceptors (Lipinski definition) is 5. The average molecular weight is 503 g/mol. The highest BCUT2D eigenvalue weighted by Gasteiger charge is 2.29. The van der Waals surface area contributed by atoms with Crippen molar-refractivity contribution in [1.29, 1.82) is 0 Å². The topological polar surface area (TPSA) is 79.7 Å². The number of H-pyrrole nitrogens is 1. The van der Waals surface area contributed by atoms with Crippen LogP contribution in [0.4, 0.5) is 4.39 Å². The number of fused-ring (bicyclic) bond motifs is 1. The monoisotopic (exact) mass is 502 g/mol. The second-order valence-electron chi connectivity index (χ2n) is 10.4. The molecule has 1 unspecified atom stereocenters. The van der Waals surface area contributed by atoms with E-state index >= 15 is 0 Å². The molecule has 7 nitrogen and oxygen atoms in total. The van der Waals surface area contributed by atoms with E-state index in [0.29, 0.717) is 24.7 Å². The van der Waals surface area contributed by atoms with Crippen molar-refractivity contribution >= 4 is 10.9 Å². The highest BCUT2D eigenvalue weighted by Crippen LogP contribution is 2.33. The number of benzene rings is 2. The summed E-state index contributed by atoms with van der Waals surface area (Å²) in [6.07, 6.45) is 6.56. The first-order valence-corrected chi connectivity index (χ1v) is 13.3. The lowest BCUT2D eigenvalue weighted by Gasteiger charge is -2.32. The highest BCUT2D eigenvalue weighted by atomic mass is 19.1. The van der Waals surface area contributed by atoms with Crippen molar-refractivity contribution < 1.29 is 4.39 Å². The molecule has 5 rings (SSSR count). The first-order valence-electron chi connectivity index (χ1n) is 13.3. The molecule has 0 radical (unpaired) electrons. The van der Waals surface area contributed by atoms with Crippen LogP contribution in [0.3, 0.4) is 0 Å². The third-order valence-corrected chi connectivity index (χ3v) is 7.61. The lowest BCUT2D eigenvalue weighted by atomic mass is 9.95. The Morgan fingerprint density at radius 2 is 1.84 bits per heavy atom. The van der Waals surface area contributed by atoms with Gasteiger partial charge in [-0.25, -0.2) is 9.07 Å². The molecule has 0 spiro atoms. The Labute approximate surface area is 216 Å². The second kappa shape index (κ2) is 10.9. The molecule has 1 saturated carbocycles. The largest absolute Gasteiger partial charge is 0.321 e. The second-order valence-corrected chi connectivity index (χ2v) is 10.4. The van der Waals surface area contributed by atoms with E-state index in [1.165, 1.54) is 31.4 Å². The van der Waals surface area contributed by atoms with Gasteiger partial charge in [0.2, 0.25) is 0 Å². The zero-order chi connectivity index (χ0) is 25.9. The van der Waals surface area contributed by atoms with Crippen LogP contribution in [0.5, 0.6) is 0 Å². The summed E-state index contributed by atoms with van der Waals surface area (Å²) in [5, 5.41) is 14.0. The Balaban J connectivity index is 1.54. The van der Waals surface area contributed by atoms with Crippen LogP contribution >= 0.6 is 0 Å². The molecule has 1 aliphatic carbocycles. The summed E-state index contributed by atoms with van der Waals surface area (Å²) < 4.78 is 15.7. The molecule has 0 aliphatic heterocycles. The molecule has 1 atom stereocenters. The fourth-order valence-corrected chi connectivity index (χ4v) is 5.78. The fourth-order valence-electron chi connectivity index (χ4n) is 5.78. The predicted molar refractivity (Wildman–Crippen MR) is 143 cm³/mol. The lowest BCUT2D eigenvalue weighted by Crippen LogP contribution is -2.33. The molecule has 0 saturated heterocycles. The van der Waals surface area contributed by atoms with Crippen molar-refractivity contribution in [2.24, 2.45) is 0 Å². The van der Waals surface area contributed by atoms with Crippen molar-refractivity contribution in [2.75, 3.05) is 0 Å². The first-order chi connectivity index (χ1) is 17.9. The molecule has 2 aromatic heterocycles. The van der Waals surface area contributed by atoms with E-state index in [1.807, 2.05) is 17.7 Å². The van der Waals surface area contributed by atoms with Crippen LogP contribution in [0.1, 0.15) is 85.6 Å². The first kappa shape index (κ1) is 25.3. The molecular formula is C29H35FN6O. The molecule has 4 aromatic rings. The number of nitrogens with zero attached hydrogens (tertiary/aromatic N) is 5. The van der Waals surface area contributed by atoms with Gasteiger partial charge in [0, 0.05) is 18.7 Å². The number of aryl methyl sites for hydroxylation is 2. The molecule has 2 heterocycles. The number of pyridine rings is 1. The Morgan fingerprint density at radius 3 is 2.57 bits per heavy atom. The quantitative estimate of drug-likeness (QED) is 0.323. The summed E-state index contributed by atoms with van der Waals surface area (Å²) >= 11 is 0. The van der Waals surface area contributed by atoms with Crippen molar-refractivity contribution in [3.05, 3.63) is 86.7 Å². The average Bonchev–Trinajstić information content (AvgIpc) is 3.37. The van der Waals surface area contributed by atoms with Gasteiger partial charge < -0.3 is 4.98 Å². The molecule has 37 heavy (non-hydrogen) atoms. The van der Waals surface area contributed by atoms with Gasteiger partial charge in [-0.1, -0.05) is 49.9 Å². The standard InChI is InChI=1S/C29H35FN6O/c1-4-26(28-32-33-34-36(28)25-8-6-5-7-9-25)35(17-21-10-12-24(30)13-11-21)18-23-16-22-15-19(2)14-20(3)27(22)31-29(23)37/h10-16,25-26H,4-9,17-18H2,1-3H3,(H,31,37). The number of aromatic nitrogens is 5. The van der Waals surface area contributed by atoms with Crippen LogP contribution in [0.15, 0.2) is 47.3 Å². The number of nitrogens with one attached hydrogen (secondary N) is 1. The Morgan fingerprint density at radius 1 is 1.08 bits per heavy atom. The smallest absolute Gasteiger partial charge is 0.252 e. The van der Waals surface area contributed by atoms with Crippen LogP contribution in [-0.4, -0.2) is 30.1 Å². The third-order valence-electron chi connectivity index (χ3n) is 7.61. The fraction of sp³-hybridized carbons (Fsp3) is 0.448. The molecular weight excluding hydrogens is 467 g/mol. The van der Waals surface area contributed by atoms with Gasteiger partial charge in [-0.15, -0.1) is 5.10 Å². The normalized spacial score (nSPS) is 15.5. The summed E-state index contributed by atoms with van der Waals surface area (Å²) in [6.45, 7) is 7.17.